The van der Waals surface area contributed by atoms with Gasteiger partial charge < -0.3 is 5.11 Å². The Hall–Kier alpha value is -1.63. The molecule has 0 bridgehead atoms. The highest BCUT2D eigenvalue weighted by Gasteiger charge is 2.10. The van der Waals surface area contributed by atoms with Gasteiger partial charge in [0.05, 0.1) is 6.20 Å². The Balaban J connectivity index is 2.09. The van der Waals surface area contributed by atoms with Gasteiger partial charge in [0.15, 0.2) is 5.75 Å². The number of azo groups is 1. The van der Waals surface area contributed by atoms with E-state index in [1.807, 2.05) is 30.3 Å². The van der Waals surface area contributed by atoms with Crippen molar-refractivity contribution in [2.45, 2.75) is 4.90 Å². The highest BCUT2D eigenvalue weighted by atomic mass is 35.5. The van der Waals surface area contributed by atoms with Crippen LogP contribution in [0.2, 0.25) is 4.34 Å². The second-order valence-electron chi connectivity index (χ2n) is 3.96. The van der Waals surface area contributed by atoms with Gasteiger partial charge in [-0.15, -0.1) is 22.9 Å². The third-order valence-corrected chi connectivity index (χ3v) is 4.02. The fourth-order valence-corrected chi connectivity index (χ4v) is 2.80. The molecule has 1 N–H and O–H groups in total. The molecule has 0 spiro atoms. The van der Waals surface area contributed by atoms with Crippen LogP contribution in [0.25, 0.3) is 10.8 Å². The van der Waals surface area contributed by atoms with Crippen LogP contribution in [0.3, 0.4) is 0 Å². The lowest BCUT2D eigenvalue weighted by atomic mass is 10.1. The summed E-state index contributed by atoms with van der Waals surface area (Å²) in [6.45, 7) is 0. The number of phenols is 1. The van der Waals surface area contributed by atoms with Gasteiger partial charge in [0.1, 0.15) is 10.0 Å². The zero-order valence-electron chi connectivity index (χ0n) is 9.99. The minimum absolute atomic E-state index is 0.0551. The van der Waals surface area contributed by atoms with Crippen molar-refractivity contribution < 1.29 is 5.11 Å². The molecule has 2 aromatic carbocycles. The summed E-state index contributed by atoms with van der Waals surface area (Å²) in [4.78, 5) is 4.52. The lowest BCUT2D eigenvalue weighted by Gasteiger charge is -2.06. The summed E-state index contributed by atoms with van der Waals surface area (Å²) in [5.41, 5.74) is 0.318. The first-order valence-corrected chi connectivity index (χ1v) is 7.26. The van der Waals surface area contributed by atoms with Crippen molar-refractivity contribution in [2.75, 3.05) is 0 Å². The maximum Gasteiger partial charge on any atom is 0.231 e. The average molecular weight is 322 g/mol. The van der Waals surface area contributed by atoms with E-state index in [9.17, 15) is 5.11 Å². The van der Waals surface area contributed by atoms with E-state index in [-0.39, 0.29) is 5.75 Å². The first-order chi connectivity index (χ1) is 9.65. The van der Waals surface area contributed by atoms with Crippen LogP contribution in [0.1, 0.15) is 0 Å². The smallest absolute Gasteiger partial charge is 0.231 e. The quantitative estimate of drug-likeness (QED) is 0.493. The summed E-state index contributed by atoms with van der Waals surface area (Å²) in [7, 11) is 0. The molecule has 3 rings (SSSR count). The van der Waals surface area contributed by atoms with E-state index in [2.05, 4.69) is 27.8 Å². The molecule has 0 amide bonds. The molecule has 1 aromatic heterocycles. The number of thiol groups is 1. The summed E-state index contributed by atoms with van der Waals surface area (Å²) in [6.07, 6.45) is 1.50. The first kappa shape index (κ1) is 13.4. The third kappa shape index (κ3) is 2.49. The SMILES string of the molecule is Oc1c(N=Nc2ncc(Cl)s2)c(S)cc2ccccc12. The lowest BCUT2D eigenvalue weighted by molar-refractivity contribution is 0.481. The van der Waals surface area contributed by atoms with Crippen LogP contribution in [-0.2, 0) is 0 Å². The van der Waals surface area contributed by atoms with Crippen molar-refractivity contribution in [3.63, 3.8) is 0 Å². The van der Waals surface area contributed by atoms with Gasteiger partial charge in [-0.3, -0.25) is 0 Å². The third-order valence-electron chi connectivity index (χ3n) is 2.68. The normalized spacial score (nSPS) is 11.5. The van der Waals surface area contributed by atoms with Crippen LogP contribution in [0.4, 0.5) is 10.8 Å². The van der Waals surface area contributed by atoms with Crippen molar-refractivity contribution in [1.82, 2.24) is 4.98 Å². The molecule has 0 unspecified atom stereocenters. The number of hydrogen-bond donors (Lipinski definition) is 2. The van der Waals surface area contributed by atoms with Gasteiger partial charge in [-0.25, -0.2) is 4.98 Å². The molecule has 0 fully saturated rings. The number of halogens is 1. The van der Waals surface area contributed by atoms with Crippen molar-refractivity contribution in [1.29, 1.82) is 0 Å². The highest BCUT2D eigenvalue weighted by Crippen LogP contribution is 2.41. The highest BCUT2D eigenvalue weighted by molar-refractivity contribution is 7.80. The maximum atomic E-state index is 10.3. The Kier molecular flexibility index (Phi) is 3.60. The van der Waals surface area contributed by atoms with Gasteiger partial charge in [-0.05, 0) is 11.5 Å². The van der Waals surface area contributed by atoms with Crippen LogP contribution in [-0.4, -0.2) is 10.1 Å². The number of thiazole rings is 1. The summed E-state index contributed by atoms with van der Waals surface area (Å²) >= 11 is 11.3. The van der Waals surface area contributed by atoms with Gasteiger partial charge in [0.2, 0.25) is 5.13 Å². The standard InChI is InChI=1S/C13H8ClN3OS2/c14-10-6-15-13(20-10)17-16-11-9(19)5-7-3-1-2-4-8(7)12(11)18/h1-6,18-19H. The Labute approximate surface area is 129 Å². The maximum absolute atomic E-state index is 10.3. The number of nitrogens with zero attached hydrogens (tertiary/aromatic N) is 3. The van der Waals surface area contributed by atoms with Crippen LogP contribution in [0.15, 0.2) is 51.7 Å². The molecule has 20 heavy (non-hydrogen) atoms. The van der Waals surface area contributed by atoms with Crippen LogP contribution in [0.5, 0.6) is 5.75 Å². The number of phenolic OH excluding ortho intramolecular Hbond substituents is 1. The molecule has 4 nitrogen and oxygen atoms in total. The van der Waals surface area contributed by atoms with Gasteiger partial charge in [0.25, 0.3) is 0 Å². The minimum atomic E-state index is 0.0551. The summed E-state index contributed by atoms with van der Waals surface area (Å²) < 4.78 is 0.535. The summed E-state index contributed by atoms with van der Waals surface area (Å²) in [5, 5.41) is 20.3. The van der Waals surface area contributed by atoms with E-state index in [4.69, 9.17) is 11.6 Å². The van der Waals surface area contributed by atoms with Gasteiger partial charge in [-0.2, -0.15) is 0 Å². The van der Waals surface area contributed by atoms with E-state index < -0.39 is 0 Å². The van der Waals surface area contributed by atoms with E-state index >= 15 is 0 Å². The first-order valence-electron chi connectivity index (χ1n) is 5.62. The molecule has 0 saturated heterocycles. The molecule has 100 valence electrons. The molecule has 0 aliphatic heterocycles. The minimum Gasteiger partial charge on any atom is -0.505 e. The molecule has 0 saturated carbocycles. The van der Waals surface area contributed by atoms with E-state index in [1.54, 1.807) is 0 Å². The number of hydrogen-bond acceptors (Lipinski definition) is 6. The van der Waals surface area contributed by atoms with Gasteiger partial charge in [-0.1, -0.05) is 47.2 Å². The van der Waals surface area contributed by atoms with Crippen LogP contribution < -0.4 is 0 Å². The number of fused-ring (bicyclic) bond motifs is 1. The average Bonchev–Trinajstić information content (AvgIpc) is 2.84. The summed E-state index contributed by atoms with van der Waals surface area (Å²) in [5.74, 6) is 0.0551. The zero-order chi connectivity index (χ0) is 14.1. The molecule has 1 heterocycles. The van der Waals surface area contributed by atoms with Crippen molar-refractivity contribution in [3.8, 4) is 5.75 Å². The molecular formula is C13H8ClN3OS2. The van der Waals surface area contributed by atoms with E-state index in [0.717, 1.165) is 5.39 Å². The number of aromatic nitrogens is 1. The van der Waals surface area contributed by atoms with Crippen LogP contribution in [0, 0.1) is 0 Å². The molecule has 0 radical (unpaired) electrons. The molecule has 7 heteroatoms. The van der Waals surface area contributed by atoms with E-state index in [1.165, 1.54) is 17.5 Å². The Morgan fingerprint density at radius 2 is 2.05 bits per heavy atom. The molecule has 0 atom stereocenters. The topological polar surface area (TPSA) is 57.8 Å². The van der Waals surface area contributed by atoms with Gasteiger partial charge >= 0.3 is 0 Å². The fourth-order valence-electron chi connectivity index (χ4n) is 1.79. The molecular weight excluding hydrogens is 314 g/mol. The Morgan fingerprint density at radius 1 is 1.25 bits per heavy atom. The van der Waals surface area contributed by atoms with Crippen molar-refractivity contribution >= 4 is 57.2 Å². The Bertz CT molecular complexity index is 816. The van der Waals surface area contributed by atoms with Crippen LogP contribution >= 0.6 is 35.6 Å². The zero-order valence-corrected chi connectivity index (χ0v) is 12.5. The number of aromatic hydroxyl groups is 1. The van der Waals surface area contributed by atoms with Gasteiger partial charge in [0, 0.05) is 10.3 Å². The predicted molar refractivity (Wildman–Crippen MR) is 84.2 cm³/mol. The second-order valence-corrected chi connectivity index (χ2v) is 6.08. The monoisotopic (exact) mass is 321 g/mol. The molecule has 0 aliphatic rings. The largest absolute Gasteiger partial charge is 0.505 e. The molecule has 3 aromatic rings. The predicted octanol–water partition coefficient (Wildman–Crippen LogP) is 5.36. The summed E-state index contributed by atoms with van der Waals surface area (Å²) in [6, 6.07) is 9.30. The van der Waals surface area contributed by atoms with Crippen molar-refractivity contribution in [2.24, 2.45) is 10.2 Å². The Morgan fingerprint density at radius 3 is 2.80 bits per heavy atom. The lowest BCUT2D eigenvalue weighted by Crippen LogP contribution is -1.77. The molecule has 0 aliphatic carbocycles. The fraction of sp³-hybridized carbons (Fsp3) is 0. The van der Waals surface area contributed by atoms with E-state index in [0.29, 0.717) is 25.4 Å². The number of benzene rings is 2. The number of rotatable bonds is 2. The van der Waals surface area contributed by atoms with Crippen molar-refractivity contribution in [3.05, 3.63) is 40.9 Å². The second kappa shape index (κ2) is 5.40.